The van der Waals surface area contributed by atoms with Gasteiger partial charge in [-0.05, 0) is 40.5 Å². The molecule has 1 fully saturated rings. The van der Waals surface area contributed by atoms with E-state index < -0.39 is 0 Å². The molecule has 15 heavy (non-hydrogen) atoms. The van der Waals surface area contributed by atoms with Gasteiger partial charge in [-0.3, -0.25) is 4.79 Å². The van der Waals surface area contributed by atoms with Gasteiger partial charge >= 0.3 is 0 Å². The molecule has 0 unspecified atom stereocenters. The number of anilines is 1. The standard InChI is InChI=1S/C11H12BrNO2/c1-15-10-5-4-8(7-9(10)12)13-6-2-3-11(13)14/h4-5,7H,2-3,6H2,1H3. The zero-order valence-electron chi connectivity index (χ0n) is 8.50. The topological polar surface area (TPSA) is 29.5 Å². The smallest absolute Gasteiger partial charge is 0.227 e. The Hall–Kier alpha value is -1.03. The molecule has 0 spiro atoms. The van der Waals surface area contributed by atoms with Crippen LogP contribution < -0.4 is 9.64 Å². The number of carbonyl (C=O) groups is 1. The minimum atomic E-state index is 0.201. The molecule has 3 nitrogen and oxygen atoms in total. The molecular formula is C11H12BrNO2. The summed E-state index contributed by atoms with van der Waals surface area (Å²) in [5.41, 5.74) is 0.935. The van der Waals surface area contributed by atoms with Crippen molar-refractivity contribution < 1.29 is 9.53 Å². The fourth-order valence-corrected chi connectivity index (χ4v) is 2.27. The zero-order valence-corrected chi connectivity index (χ0v) is 10.1. The molecule has 4 heteroatoms. The Balaban J connectivity index is 2.29. The van der Waals surface area contributed by atoms with E-state index in [1.807, 2.05) is 23.1 Å². The molecule has 80 valence electrons. The summed E-state index contributed by atoms with van der Waals surface area (Å²) in [7, 11) is 1.63. The minimum absolute atomic E-state index is 0.201. The number of benzene rings is 1. The second-order valence-corrected chi connectivity index (χ2v) is 4.32. The van der Waals surface area contributed by atoms with E-state index in [-0.39, 0.29) is 5.91 Å². The molecule has 1 heterocycles. The van der Waals surface area contributed by atoms with Crippen molar-refractivity contribution in [3.63, 3.8) is 0 Å². The van der Waals surface area contributed by atoms with Gasteiger partial charge in [-0.1, -0.05) is 0 Å². The fourth-order valence-electron chi connectivity index (χ4n) is 1.74. The molecule has 0 atom stereocenters. The van der Waals surface area contributed by atoms with Gasteiger partial charge in [0.05, 0.1) is 11.6 Å². The number of hydrogen-bond donors (Lipinski definition) is 0. The quantitative estimate of drug-likeness (QED) is 0.826. The van der Waals surface area contributed by atoms with Crippen molar-refractivity contribution in [1.29, 1.82) is 0 Å². The van der Waals surface area contributed by atoms with Gasteiger partial charge in [-0.25, -0.2) is 0 Å². The summed E-state index contributed by atoms with van der Waals surface area (Å²) < 4.78 is 6.02. The molecule has 1 saturated heterocycles. The van der Waals surface area contributed by atoms with Crippen LogP contribution in [0.4, 0.5) is 5.69 Å². The van der Waals surface area contributed by atoms with Gasteiger partial charge in [0, 0.05) is 18.7 Å². The monoisotopic (exact) mass is 269 g/mol. The van der Waals surface area contributed by atoms with Crippen molar-refractivity contribution in [2.24, 2.45) is 0 Å². The lowest BCUT2D eigenvalue weighted by Gasteiger charge is -2.16. The zero-order chi connectivity index (χ0) is 10.8. The first kappa shape index (κ1) is 10.5. The van der Waals surface area contributed by atoms with E-state index in [0.717, 1.165) is 28.9 Å². The minimum Gasteiger partial charge on any atom is -0.496 e. The number of halogens is 1. The van der Waals surface area contributed by atoms with E-state index in [9.17, 15) is 4.79 Å². The van der Waals surface area contributed by atoms with Crippen molar-refractivity contribution >= 4 is 27.5 Å². The maximum Gasteiger partial charge on any atom is 0.227 e. The molecular weight excluding hydrogens is 258 g/mol. The summed E-state index contributed by atoms with van der Waals surface area (Å²) >= 11 is 3.41. The van der Waals surface area contributed by atoms with Gasteiger partial charge in [0.15, 0.2) is 0 Å². The third-order valence-electron chi connectivity index (χ3n) is 2.52. The van der Waals surface area contributed by atoms with Gasteiger partial charge in [0.25, 0.3) is 0 Å². The second kappa shape index (κ2) is 4.23. The first-order chi connectivity index (χ1) is 7.22. The number of ether oxygens (including phenoxy) is 1. The molecule has 0 saturated carbocycles. The van der Waals surface area contributed by atoms with Crippen molar-refractivity contribution in [2.45, 2.75) is 12.8 Å². The fraction of sp³-hybridized carbons (Fsp3) is 0.364. The summed E-state index contributed by atoms with van der Waals surface area (Å²) in [5, 5.41) is 0. The van der Waals surface area contributed by atoms with E-state index >= 15 is 0 Å². The van der Waals surface area contributed by atoms with Crippen LogP contribution in [0.2, 0.25) is 0 Å². The summed E-state index contributed by atoms with van der Waals surface area (Å²) in [4.78, 5) is 13.3. The molecule has 0 aliphatic carbocycles. The van der Waals surface area contributed by atoms with Crippen LogP contribution in [0.1, 0.15) is 12.8 Å². The highest BCUT2D eigenvalue weighted by Gasteiger charge is 2.22. The number of amides is 1. The number of nitrogens with zero attached hydrogens (tertiary/aromatic N) is 1. The van der Waals surface area contributed by atoms with Crippen molar-refractivity contribution in [2.75, 3.05) is 18.6 Å². The molecule has 0 aromatic heterocycles. The maximum absolute atomic E-state index is 11.5. The Morgan fingerprint density at radius 1 is 1.47 bits per heavy atom. The van der Waals surface area contributed by atoms with Crippen molar-refractivity contribution in [3.8, 4) is 5.75 Å². The Labute approximate surface area is 97.2 Å². The lowest BCUT2D eigenvalue weighted by atomic mass is 10.3. The van der Waals surface area contributed by atoms with Gasteiger partial charge in [0.1, 0.15) is 5.75 Å². The predicted molar refractivity (Wildman–Crippen MR) is 62.3 cm³/mol. The summed E-state index contributed by atoms with van der Waals surface area (Å²) in [6, 6.07) is 5.69. The Kier molecular flexibility index (Phi) is 2.95. The highest BCUT2D eigenvalue weighted by molar-refractivity contribution is 9.10. The SMILES string of the molecule is COc1ccc(N2CCCC2=O)cc1Br. The second-order valence-electron chi connectivity index (χ2n) is 3.47. The van der Waals surface area contributed by atoms with Gasteiger partial charge in [0.2, 0.25) is 5.91 Å². The van der Waals surface area contributed by atoms with E-state index in [1.165, 1.54) is 0 Å². The molecule has 1 aromatic carbocycles. The van der Waals surface area contributed by atoms with Crippen LogP contribution in [-0.2, 0) is 4.79 Å². The van der Waals surface area contributed by atoms with E-state index in [4.69, 9.17) is 4.74 Å². The Morgan fingerprint density at radius 3 is 2.80 bits per heavy atom. The molecule has 2 rings (SSSR count). The highest BCUT2D eigenvalue weighted by Crippen LogP contribution is 2.31. The molecule has 0 radical (unpaired) electrons. The third kappa shape index (κ3) is 2.00. The third-order valence-corrected chi connectivity index (χ3v) is 3.14. The van der Waals surface area contributed by atoms with Crippen molar-refractivity contribution in [1.82, 2.24) is 0 Å². The van der Waals surface area contributed by atoms with Crippen LogP contribution in [0.25, 0.3) is 0 Å². The van der Waals surface area contributed by atoms with Gasteiger partial charge in [-0.2, -0.15) is 0 Å². The lowest BCUT2D eigenvalue weighted by molar-refractivity contribution is -0.117. The lowest BCUT2D eigenvalue weighted by Crippen LogP contribution is -2.23. The van der Waals surface area contributed by atoms with Crippen LogP contribution in [0.3, 0.4) is 0 Å². The number of hydrogen-bond acceptors (Lipinski definition) is 2. The average Bonchev–Trinajstić information content (AvgIpc) is 2.64. The Bertz CT molecular complexity index is 392. The molecule has 1 aliphatic heterocycles. The van der Waals surface area contributed by atoms with E-state index in [1.54, 1.807) is 7.11 Å². The number of carbonyl (C=O) groups excluding carboxylic acids is 1. The predicted octanol–water partition coefficient (Wildman–Crippen LogP) is 2.58. The molecule has 0 bridgehead atoms. The first-order valence-electron chi connectivity index (χ1n) is 4.86. The van der Waals surface area contributed by atoms with Crippen LogP contribution in [0.15, 0.2) is 22.7 Å². The summed E-state index contributed by atoms with van der Waals surface area (Å²) in [5.74, 6) is 0.984. The van der Waals surface area contributed by atoms with Crippen LogP contribution >= 0.6 is 15.9 Å². The normalized spacial score (nSPS) is 15.9. The molecule has 1 aromatic rings. The molecule has 0 N–H and O–H groups in total. The highest BCUT2D eigenvalue weighted by atomic mass is 79.9. The molecule has 1 amide bonds. The summed E-state index contributed by atoms with van der Waals surface area (Å²) in [6.45, 7) is 0.817. The number of rotatable bonds is 2. The largest absolute Gasteiger partial charge is 0.496 e. The van der Waals surface area contributed by atoms with Gasteiger partial charge in [-0.15, -0.1) is 0 Å². The Morgan fingerprint density at radius 2 is 2.27 bits per heavy atom. The van der Waals surface area contributed by atoms with Gasteiger partial charge < -0.3 is 9.64 Å². The van der Waals surface area contributed by atoms with E-state index in [0.29, 0.717) is 6.42 Å². The van der Waals surface area contributed by atoms with Crippen molar-refractivity contribution in [3.05, 3.63) is 22.7 Å². The summed E-state index contributed by atoms with van der Waals surface area (Å²) in [6.07, 6.45) is 1.60. The molecule has 1 aliphatic rings. The van der Waals surface area contributed by atoms with E-state index in [2.05, 4.69) is 15.9 Å². The van der Waals surface area contributed by atoms with Crippen LogP contribution in [-0.4, -0.2) is 19.6 Å². The van der Waals surface area contributed by atoms with Crippen LogP contribution in [0, 0.1) is 0 Å². The average molecular weight is 270 g/mol. The first-order valence-corrected chi connectivity index (χ1v) is 5.65. The van der Waals surface area contributed by atoms with Crippen LogP contribution in [0.5, 0.6) is 5.75 Å². The maximum atomic E-state index is 11.5. The number of methoxy groups -OCH3 is 1.